The van der Waals surface area contributed by atoms with Crippen LogP contribution in [0.25, 0.3) is 0 Å². The van der Waals surface area contributed by atoms with E-state index in [1.54, 1.807) is 0 Å². The second-order valence-electron chi connectivity index (χ2n) is 9.52. The second-order valence-corrected chi connectivity index (χ2v) is 9.52. The molecule has 2 aliphatic rings. The predicted octanol–water partition coefficient (Wildman–Crippen LogP) is 6.32. The summed E-state index contributed by atoms with van der Waals surface area (Å²) in [6.45, 7) is 23.8. The molecule has 0 aromatic rings. The van der Waals surface area contributed by atoms with Crippen LogP contribution in [-0.4, -0.2) is 0 Å². The summed E-state index contributed by atoms with van der Waals surface area (Å²) in [4.78, 5) is 0. The first-order valence-corrected chi connectivity index (χ1v) is 8.65. The van der Waals surface area contributed by atoms with Crippen molar-refractivity contribution in [2.24, 2.45) is 39.9 Å². The topological polar surface area (TPSA) is 0 Å². The van der Waals surface area contributed by atoms with E-state index in [4.69, 9.17) is 0 Å². The molecule has 2 rings (SSSR count). The minimum absolute atomic E-state index is 0.533. The van der Waals surface area contributed by atoms with Gasteiger partial charge in [0.1, 0.15) is 0 Å². The SMILES string of the molecule is C=C(CC1(C(C)C)CC1(C)C1CC1(C)C)C(C)C(C)C. The van der Waals surface area contributed by atoms with E-state index in [1.165, 1.54) is 24.8 Å². The van der Waals surface area contributed by atoms with Gasteiger partial charge in [0.2, 0.25) is 0 Å². The van der Waals surface area contributed by atoms with Gasteiger partial charge in [-0.25, -0.2) is 0 Å². The molecule has 0 N–H and O–H groups in total. The van der Waals surface area contributed by atoms with Crippen LogP contribution in [0.3, 0.4) is 0 Å². The number of rotatable bonds is 6. The van der Waals surface area contributed by atoms with Crippen LogP contribution >= 0.6 is 0 Å². The van der Waals surface area contributed by atoms with Crippen LogP contribution in [0, 0.1) is 39.9 Å². The van der Waals surface area contributed by atoms with Crippen molar-refractivity contribution < 1.29 is 0 Å². The summed E-state index contributed by atoms with van der Waals surface area (Å²) in [5.41, 5.74) is 3.20. The Labute approximate surface area is 127 Å². The van der Waals surface area contributed by atoms with Crippen LogP contribution in [0.15, 0.2) is 12.2 Å². The van der Waals surface area contributed by atoms with Crippen LogP contribution in [0.1, 0.15) is 74.7 Å². The molecule has 0 aromatic carbocycles. The molecule has 116 valence electrons. The first-order valence-electron chi connectivity index (χ1n) is 8.65. The van der Waals surface area contributed by atoms with Crippen molar-refractivity contribution in [2.45, 2.75) is 74.7 Å². The van der Waals surface area contributed by atoms with Crippen molar-refractivity contribution in [1.82, 2.24) is 0 Å². The summed E-state index contributed by atoms with van der Waals surface area (Å²) in [6, 6.07) is 0. The summed E-state index contributed by atoms with van der Waals surface area (Å²) < 4.78 is 0. The minimum atomic E-state index is 0.533. The fourth-order valence-corrected chi connectivity index (χ4v) is 5.01. The van der Waals surface area contributed by atoms with E-state index in [0.717, 1.165) is 11.8 Å². The highest BCUT2D eigenvalue weighted by molar-refractivity contribution is 5.26. The molecule has 0 bridgehead atoms. The first-order chi connectivity index (χ1) is 8.98. The monoisotopic (exact) mass is 276 g/mol. The molecule has 4 atom stereocenters. The van der Waals surface area contributed by atoms with Crippen molar-refractivity contribution >= 4 is 0 Å². The number of hydrogen-bond acceptors (Lipinski definition) is 0. The van der Waals surface area contributed by atoms with Crippen molar-refractivity contribution in [3.05, 3.63) is 12.2 Å². The minimum Gasteiger partial charge on any atom is -0.0996 e. The zero-order valence-corrected chi connectivity index (χ0v) is 15.1. The molecule has 0 aliphatic heterocycles. The average molecular weight is 277 g/mol. The Bertz CT molecular complexity index is 400. The summed E-state index contributed by atoms with van der Waals surface area (Å²) in [5.74, 6) is 3.09. The van der Waals surface area contributed by atoms with Gasteiger partial charge in [-0.3, -0.25) is 0 Å². The summed E-state index contributed by atoms with van der Waals surface area (Å²) in [5, 5.41) is 0. The summed E-state index contributed by atoms with van der Waals surface area (Å²) in [7, 11) is 0. The third kappa shape index (κ3) is 2.28. The number of hydrogen-bond donors (Lipinski definition) is 0. The third-order valence-corrected chi connectivity index (χ3v) is 7.27. The molecule has 2 aliphatic carbocycles. The van der Waals surface area contributed by atoms with Crippen LogP contribution in [0.5, 0.6) is 0 Å². The zero-order chi connectivity index (χ0) is 15.5. The fraction of sp³-hybridized carbons (Fsp3) is 0.900. The standard InChI is InChI=1S/C20H36/c1-13(2)16(6)15(5)10-20(14(3)4)12-19(20,9)17-11-18(17,7)8/h13-14,16-17H,5,10-12H2,1-4,6-9H3. The van der Waals surface area contributed by atoms with Crippen LogP contribution < -0.4 is 0 Å². The Balaban J connectivity index is 2.13. The lowest BCUT2D eigenvalue weighted by atomic mass is 9.73. The quantitative estimate of drug-likeness (QED) is 0.498. The van der Waals surface area contributed by atoms with Crippen molar-refractivity contribution in [3.8, 4) is 0 Å². The Morgan fingerprint density at radius 1 is 1.10 bits per heavy atom. The average Bonchev–Trinajstić information content (AvgIpc) is 3.14. The van der Waals surface area contributed by atoms with Gasteiger partial charge >= 0.3 is 0 Å². The van der Waals surface area contributed by atoms with Crippen LogP contribution in [-0.2, 0) is 0 Å². The van der Waals surface area contributed by atoms with Gasteiger partial charge < -0.3 is 0 Å². The Kier molecular flexibility index (Phi) is 3.72. The molecule has 0 nitrogen and oxygen atoms in total. The molecule has 0 saturated heterocycles. The van der Waals surface area contributed by atoms with Gasteiger partial charge in [0.15, 0.2) is 0 Å². The van der Waals surface area contributed by atoms with E-state index in [2.05, 4.69) is 62.0 Å². The molecule has 0 spiro atoms. The maximum absolute atomic E-state index is 4.47. The van der Waals surface area contributed by atoms with E-state index in [-0.39, 0.29) is 0 Å². The van der Waals surface area contributed by atoms with Crippen molar-refractivity contribution in [1.29, 1.82) is 0 Å². The third-order valence-electron chi connectivity index (χ3n) is 7.27. The molecule has 0 heterocycles. The van der Waals surface area contributed by atoms with Gasteiger partial charge in [-0.1, -0.05) is 67.5 Å². The van der Waals surface area contributed by atoms with Gasteiger partial charge in [0, 0.05) is 0 Å². The van der Waals surface area contributed by atoms with Crippen molar-refractivity contribution in [3.63, 3.8) is 0 Å². The zero-order valence-electron chi connectivity index (χ0n) is 15.1. The first kappa shape index (κ1) is 16.1. The molecule has 2 fully saturated rings. The van der Waals surface area contributed by atoms with E-state index in [0.29, 0.717) is 28.1 Å². The largest absolute Gasteiger partial charge is 0.0996 e. The molecular weight excluding hydrogens is 240 g/mol. The molecule has 20 heavy (non-hydrogen) atoms. The van der Waals surface area contributed by atoms with Gasteiger partial charge in [-0.2, -0.15) is 0 Å². The molecule has 0 aromatic heterocycles. The molecular formula is C20H36. The van der Waals surface area contributed by atoms with Crippen LogP contribution in [0.2, 0.25) is 0 Å². The van der Waals surface area contributed by atoms with E-state index in [9.17, 15) is 0 Å². The van der Waals surface area contributed by atoms with Crippen molar-refractivity contribution in [2.75, 3.05) is 0 Å². The molecule has 4 unspecified atom stereocenters. The van der Waals surface area contributed by atoms with Gasteiger partial charge in [0.25, 0.3) is 0 Å². The lowest BCUT2D eigenvalue weighted by Gasteiger charge is -2.31. The maximum Gasteiger partial charge on any atom is -0.0175 e. The normalized spacial score (nSPS) is 40.0. The highest BCUT2D eigenvalue weighted by atomic mass is 14.8. The Morgan fingerprint density at radius 3 is 1.95 bits per heavy atom. The lowest BCUT2D eigenvalue weighted by molar-refractivity contribution is 0.216. The molecule has 2 saturated carbocycles. The summed E-state index contributed by atoms with van der Waals surface area (Å²) >= 11 is 0. The molecule has 0 amide bonds. The highest BCUT2D eigenvalue weighted by Crippen LogP contribution is 2.81. The predicted molar refractivity (Wildman–Crippen MR) is 89.6 cm³/mol. The second kappa shape index (κ2) is 4.62. The molecule has 0 radical (unpaired) electrons. The highest BCUT2D eigenvalue weighted by Gasteiger charge is 2.74. The van der Waals surface area contributed by atoms with E-state index >= 15 is 0 Å². The molecule has 0 heteroatoms. The summed E-state index contributed by atoms with van der Waals surface area (Å²) in [6.07, 6.45) is 4.12. The Morgan fingerprint density at radius 2 is 1.60 bits per heavy atom. The van der Waals surface area contributed by atoms with E-state index in [1.807, 2.05) is 0 Å². The van der Waals surface area contributed by atoms with Gasteiger partial charge in [-0.15, -0.1) is 0 Å². The number of allylic oxidation sites excluding steroid dienone is 1. The van der Waals surface area contributed by atoms with E-state index < -0.39 is 0 Å². The smallest absolute Gasteiger partial charge is 0.0175 e. The van der Waals surface area contributed by atoms with Gasteiger partial charge in [0.05, 0.1) is 0 Å². The lowest BCUT2D eigenvalue weighted by Crippen LogP contribution is -2.23. The van der Waals surface area contributed by atoms with Gasteiger partial charge in [-0.05, 0) is 59.2 Å². The fourth-order valence-electron chi connectivity index (χ4n) is 5.01. The maximum atomic E-state index is 4.47. The Hall–Kier alpha value is -0.260. The van der Waals surface area contributed by atoms with Crippen LogP contribution in [0.4, 0.5) is 0 Å².